The summed E-state index contributed by atoms with van der Waals surface area (Å²) in [7, 11) is 0. The van der Waals surface area contributed by atoms with E-state index in [1.165, 1.54) is 6.42 Å². The first-order valence-corrected chi connectivity index (χ1v) is 8.18. The lowest BCUT2D eigenvalue weighted by molar-refractivity contribution is 0.342. The Bertz CT molecular complexity index is 807. The Morgan fingerprint density at radius 1 is 1.29 bits per heavy atom. The van der Waals surface area contributed by atoms with Gasteiger partial charge in [0, 0.05) is 19.6 Å². The fourth-order valence-electron chi connectivity index (χ4n) is 3.22. The zero-order valence-electron chi connectivity index (χ0n) is 13.8. The number of hydrogen-bond acceptors (Lipinski definition) is 7. The fourth-order valence-corrected chi connectivity index (χ4v) is 3.22. The van der Waals surface area contributed by atoms with Crippen LogP contribution in [0.1, 0.15) is 24.5 Å². The maximum Gasteiger partial charge on any atom is 0.266 e. The summed E-state index contributed by atoms with van der Waals surface area (Å²) in [5, 5.41) is 8.59. The minimum Gasteiger partial charge on any atom is -0.472 e. The van der Waals surface area contributed by atoms with E-state index in [1.807, 2.05) is 24.6 Å². The number of hydrogen-bond donors (Lipinski definition) is 0. The van der Waals surface area contributed by atoms with Crippen molar-refractivity contribution in [2.75, 3.05) is 18.0 Å². The summed E-state index contributed by atoms with van der Waals surface area (Å²) in [5.74, 6) is 3.41. The molecule has 3 aromatic rings. The normalized spacial score (nSPS) is 18.2. The summed E-state index contributed by atoms with van der Waals surface area (Å²) in [4.78, 5) is 11.0. The number of aromatic nitrogens is 5. The van der Waals surface area contributed by atoms with E-state index >= 15 is 0 Å². The molecule has 0 radical (unpaired) electrons. The minimum atomic E-state index is 0.489. The van der Waals surface area contributed by atoms with Crippen molar-refractivity contribution in [3.05, 3.63) is 30.2 Å². The van der Waals surface area contributed by atoms with Gasteiger partial charge in [-0.15, -0.1) is 0 Å². The molecule has 1 aliphatic heterocycles. The van der Waals surface area contributed by atoms with Crippen molar-refractivity contribution >= 4 is 5.95 Å². The average molecular weight is 328 g/mol. The highest BCUT2D eigenvalue weighted by molar-refractivity contribution is 5.52. The predicted octanol–water partition coefficient (Wildman–Crippen LogP) is 2.45. The minimum absolute atomic E-state index is 0.489. The molecule has 1 atom stereocenters. The van der Waals surface area contributed by atoms with Gasteiger partial charge in [0.1, 0.15) is 17.9 Å². The van der Waals surface area contributed by atoms with E-state index < -0.39 is 0 Å². The lowest BCUT2D eigenvalue weighted by Gasteiger charge is -2.31. The molecule has 0 spiro atoms. The predicted molar refractivity (Wildman–Crippen MR) is 86.4 cm³/mol. The molecular weight excluding hydrogens is 308 g/mol. The van der Waals surface area contributed by atoms with E-state index in [-0.39, 0.29) is 0 Å². The van der Waals surface area contributed by atoms with Gasteiger partial charge in [0.15, 0.2) is 0 Å². The number of aryl methyl sites for hydroxylation is 2. The van der Waals surface area contributed by atoms with Crippen molar-refractivity contribution in [3.63, 3.8) is 0 Å². The molecular formula is C16H20N6O2. The second-order valence-electron chi connectivity index (χ2n) is 6.25. The zero-order chi connectivity index (χ0) is 16.5. The van der Waals surface area contributed by atoms with Crippen LogP contribution in [0.15, 0.2) is 27.5 Å². The largest absolute Gasteiger partial charge is 0.472 e. The molecule has 4 heterocycles. The van der Waals surface area contributed by atoms with Crippen LogP contribution in [-0.4, -0.2) is 38.0 Å². The molecule has 1 saturated heterocycles. The first-order valence-electron chi connectivity index (χ1n) is 8.18. The van der Waals surface area contributed by atoms with Gasteiger partial charge in [-0.25, -0.2) is 9.67 Å². The molecule has 0 amide bonds. The molecule has 0 aliphatic carbocycles. The topological polar surface area (TPSA) is 86.0 Å². The number of piperidine rings is 1. The Hall–Kier alpha value is -2.64. The summed E-state index contributed by atoms with van der Waals surface area (Å²) < 4.78 is 12.4. The van der Waals surface area contributed by atoms with Crippen LogP contribution < -0.4 is 4.90 Å². The maximum absolute atomic E-state index is 5.35. The summed E-state index contributed by atoms with van der Waals surface area (Å²) in [6.45, 7) is 6.62. The quantitative estimate of drug-likeness (QED) is 0.727. The number of furan rings is 1. The smallest absolute Gasteiger partial charge is 0.266 e. The van der Waals surface area contributed by atoms with Crippen LogP contribution in [-0.2, 0) is 6.54 Å². The number of anilines is 1. The van der Waals surface area contributed by atoms with Gasteiger partial charge < -0.3 is 13.8 Å². The fraction of sp³-hybridized carbons (Fsp3) is 0.500. The first kappa shape index (κ1) is 14.9. The van der Waals surface area contributed by atoms with Gasteiger partial charge in [-0.2, -0.15) is 10.1 Å². The van der Waals surface area contributed by atoms with E-state index in [0.717, 1.165) is 43.3 Å². The molecule has 1 aliphatic rings. The second-order valence-corrected chi connectivity index (χ2v) is 6.25. The number of nitrogens with zero attached hydrogens (tertiary/aromatic N) is 6. The van der Waals surface area contributed by atoms with Crippen molar-refractivity contribution in [1.82, 2.24) is 24.9 Å². The van der Waals surface area contributed by atoms with Crippen molar-refractivity contribution < 1.29 is 8.94 Å². The third-order valence-electron chi connectivity index (χ3n) is 4.38. The van der Waals surface area contributed by atoms with Gasteiger partial charge >= 0.3 is 0 Å². The lowest BCUT2D eigenvalue weighted by Crippen LogP contribution is -2.38. The molecule has 1 fully saturated rings. The van der Waals surface area contributed by atoms with E-state index in [2.05, 4.69) is 25.1 Å². The molecule has 0 N–H and O–H groups in total. The highest BCUT2D eigenvalue weighted by Crippen LogP contribution is 2.25. The monoisotopic (exact) mass is 328 g/mol. The molecule has 126 valence electrons. The Morgan fingerprint density at radius 2 is 2.21 bits per heavy atom. The molecule has 0 bridgehead atoms. The molecule has 4 rings (SSSR count). The van der Waals surface area contributed by atoms with E-state index in [4.69, 9.17) is 8.94 Å². The SMILES string of the molecule is Cc1nc(C)n(C[C@H]2CCCN(c3noc(-c4ccoc4)n3)C2)n1. The van der Waals surface area contributed by atoms with Crippen LogP contribution in [0.4, 0.5) is 5.95 Å². The van der Waals surface area contributed by atoms with Crippen molar-refractivity contribution in [1.29, 1.82) is 0 Å². The summed E-state index contributed by atoms with van der Waals surface area (Å²) in [6, 6.07) is 1.81. The van der Waals surface area contributed by atoms with Crippen LogP contribution in [0.3, 0.4) is 0 Å². The van der Waals surface area contributed by atoms with E-state index in [0.29, 0.717) is 17.8 Å². The summed E-state index contributed by atoms with van der Waals surface area (Å²) >= 11 is 0. The lowest BCUT2D eigenvalue weighted by atomic mass is 9.98. The Balaban J connectivity index is 1.46. The average Bonchev–Trinajstić information content (AvgIpc) is 3.29. The van der Waals surface area contributed by atoms with Gasteiger partial charge in [0.25, 0.3) is 11.8 Å². The molecule has 3 aromatic heterocycles. The highest BCUT2D eigenvalue weighted by atomic mass is 16.5. The third-order valence-corrected chi connectivity index (χ3v) is 4.38. The second kappa shape index (κ2) is 6.10. The van der Waals surface area contributed by atoms with Gasteiger partial charge in [-0.05, 0) is 43.8 Å². The molecule has 0 aromatic carbocycles. The van der Waals surface area contributed by atoms with Crippen molar-refractivity contribution in [2.45, 2.75) is 33.2 Å². The number of rotatable bonds is 4. The molecule has 8 nitrogen and oxygen atoms in total. The van der Waals surface area contributed by atoms with E-state index in [1.54, 1.807) is 12.5 Å². The highest BCUT2D eigenvalue weighted by Gasteiger charge is 2.25. The Kier molecular flexibility index (Phi) is 3.79. The molecule has 0 saturated carbocycles. The Morgan fingerprint density at radius 3 is 2.96 bits per heavy atom. The van der Waals surface area contributed by atoms with Gasteiger partial charge in [0.2, 0.25) is 0 Å². The van der Waals surface area contributed by atoms with E-state index in [9.17, 15) is 0 Å². The molecule has 0 unspecified atom stereocenters. The van der Waals surface area contributed by atoms with Gasteiger partial charge in [-0.3, -0.25) is 0 Å². The van der Waals surface area contributed by atoms with Crippen molar-refractivity contribution in [2.24, 2.45) is 5.92 Å². The maximum atomic E-state index is 5.35. The van der Waals surface area contributed by atoms with Gasteiger partial charge in [0.05, 0.1) is 11.8 Å². The Labute approximate surface area is 139 Å². The molecule has 8 heteroatoms. The summed E-state index contributed by atoms with van der Waals surface area (Å²) in [5.41, 5.74) is 0.802. The third kappa shape index (κ3) is 2.91. The van der Waals surface area contributed by atoms with Crippen LogP contribution >= 0.6 is 0 Å². The zero-order valence-corrected chi connectivity index (χ0v) is 13.8. The van der Waals surface area contributed by atoms with Crippen LogP contribution in [0, 0.1) is 19.8 Å². The van der Waals surface area contributed by atoms with Crippen LogP contribution in [0.25, 0.3) is 11.5 Å². The van der Waals surface area contributed by atoms with Crippen molar-refractivity contribution in [3.8, 4) is 11.5 Å². The molecule has 24 heavy (non-hydrogen) atoms. The van der Waals surface area contributed by atoms with Gasteiger partial charge in [-0.1, -0.05) is 0 Å². The first-order chi connectivity index (χ1) is 11.7. The summed E-state index contributed by atoms with van der Waals surface area (Å²) in [6.07, 6.45) is 5.47. The van der Waals surface area contributed by atoms with Crippen LogP contribution in [0.2, 0.25) is 0 Å². The standard InChI is InChI=1S/C16H20N6O2/c1-11-17-12(2)22(19-11)9-13-4-3-6-21(8-13)16-18-15(24-20-16)14-5-7-23-10-14/h5,7,10,13H,3-4,6,8-9H2,1-2H3/t13-/m0/s1. The van der Waals surface area contributed by atoms with Crippen LogP contribution in [0.5, 0.6) is 0 Å².